The second-order valence-corrected chi connectivity index (χ2v) is 5.36. The van der Waals surface area contributed by atoms with Gasteiger partial charge in [-0.15, -0.1) is 0 Å². The summed E-state index contributed by atoms with van der Waals surface area (Å²) >= 11 is 0. The van der Waals surface area contributed by atoms with Crippen molar-refractivity contribution in [2.24, 2.45) is 0 Å². The summed E-state index contributed by atoms with van der Waals surface area (Å²) in [5.74, 6) is 0.892. The molecule has 0 bridgehead atoms. The van der Waals surface area contributed by atoms with Gasteiger partial charge in [0.15, 0.2) is 5.82 Å². The van der Waals surface area contributed by atoms with Gasteiger partial charge in [-0.25, -0.2) is 9.50 Å². The molecule has 1 aliphatic rings. The van der Waals surface area contributed by atoms with Crippen LogP contribution in [0.1, 0.15) is 6.42 Å². The highest BCUT2D eigenvalue weighted by Gasteiger charge is 2.23. The molecule has 0 amide bonds. The van der Waals surface area contributed by atoms with Crippen LogP contribution >= 0.6 is 0 Å². The molecular weight excluding hydrogens is 264 g/mol. The molecule has 3 heterocycles. The summed E-state index contributed by atoms with van der Waals surface area (Å²) in [5.41, 5.74) is 3.00. The Balaban J connectivity index is 1.81. The lowest BCUT2D eigenvalue weighted by Crippen LogP contribution is -2.22. The predicted octanol–water partition coefficient (Wildman–Crippen LogP) is 1.97. The third-order valence-corrected chi connectivity index (χ3v) is 3.90. The first-order valence-corrected chi connectivity index (χ1v) is 7.14. The van der Waals surface area contributed by atoms with Crippen LogP contribution in [0.5, 0.6) is 0 Å². The molecule has 1 atom stereocenters. The molecule has 5 nitrogen and oxygen atoms in total. The average Bonchev–Trinajstić information content (AvgIpc) is 3.14. The lowest BCUT2D eigenvalue weighted by atomic mass is 10.1. The second kappa shape index (κ2) is 4.86. The number of fused-ring (bicyclic) bond motifs is 1. The van der Waals surface area contributed by atoms with Gasteiger partial charge < -0.3 is 10.0 Å². The number of hydrogen-bond donors (Lipinski definition) is 1. The zero-order chi connectivity index (χ0) is 14.2. The van der Waals surface area contributed by atoms with E-state index >= 15 is 0 Å². The molecule has 1 fully saturated rings. The molecule has 2 aromatic heterocycles. The van der Waals surface area contributed by atoms with Crippen LogP contribution in [-0.2, 0) is 0 Å². The van der Waals surface area contributed by atoms with E-state index in [4.69, 9.17) is 0 Å². The monoisotopic (exact) mass is 280 g/mol. The SMILES string of the molecule is OC1CCN(c2nccn3nc(-c4ccccc4)cc23)C1. The van der Waals surface area contributed by atoms with Crippen molar-refractivity contribution in [2.75, 3.05) is 18.0 Å². The fraction of sp³-hybridized carbons (Fsp3) is 0.250. The molecule has 106 valence electrons. The van der Waals surface area contributed by atoms with E-state index in [1.54, 1.807) is 6.20 Å². The first kappa shape index (κ1) is 12.3. The number of hydrogen-bond acceptors (Lipinski definition) is 4. The molecule has 1 N–H and O–H groups in total. The lowest BCUT2D eigenvalue weighted by Gasteiger charge is -2.16. The zero-order valence-electron chi connectivity index (χ0n) is 11.6. The molecule has 1 saturated heterocycles. The van der Waals surface area contributed by atoms with Crippen molar-refractivity contribution >= 4 is 11.3 Å². The Labute approximate surface area is 122 Å². The predicted molar refractivity (Wildman–Crippen MR) is 81.3 cm³/mol. The summed E-state index contributed by atoms with van der Waals surface area (Å²) in [7, 11) is 0. The van der Waals surface area contributed by atoms with Crippen molar-refractivity contribution in [1.82, 2.24) is 14.6 Å². The Hall–Kier alpha value is -2.40. The maximum atomic E-state index is 9.72. The molecule has 4 rings (SSSR count). The van der Waals surface area contributed by atoms with E-state index in [1.165, 1.54) is 0 Å². The van der Waals surface area contributed by atoms with Crippen LogP contribution in [0.15, 0.2) is 48.8 Å². The average molecular weight is 280 g/mol. The summed E-state index contributed by atoms with van der Waals surface area (Å²) in [6.45, 7) is 1.47. The van der Waals surface area contributed by atoms with Crippen LogP contribution in [0.3, 0.4) is 0 Å². The van der Waals surface area contributed by atoms with Gasteiger partial charge in [0.25, 0.3) is 0 Å². The topological polar surface area (TPSA) is 53.7 Å². The zero-order valence-corrected chi connectivity index (χ0v) is 11.6. The first-order valence-electron chi connectivity index (χ1n) is 7.14. The number of nitrogens with zero attached hydrogens (tertiary/aromatic N) is 4. The van der Waals surface area contributed by atoms with Crippen LogP contribution in [0.2, 0.25) is 0 Å². The van der Waals surface area contributed by atoms with Gasteiger partial charge in [-0.2, -0.15) is 5.10 Å². The van der Waals surface area contributed by atoms with Crippen molar-refractivity contribution in [3.05, 3.63) is 48.8 Å². The van der Waals surface area contributed by atoms with E-state index < -0.39 is 0 Å². The third kappa shape index (κ3) is 2.15. The van der Waals surface area contributed by atoms with E-state index in [9.17, 15) is 5.11 Å². The van der Waals surface area contributed by atoms with Crippen LogP contribution in [0.4, 0.5) is 5.82 Å². The molecule has 0 saturated carbocycles. The molecule has 1 aromatic carbocycles. The Morgan fingerprint density at radius 3 is 2.81 bits per heavy atom. The molecular formula is C16H16N4O. The summed E-state index contributed by atoms with van der Waals surface area (Å²) in [5, 5.41) is 14.3. The molecule has 0 radical (unpaired) electrons. The molecule has 5 heteroatoms. The summed E-state index contributed by atoms with van der Waals surface area (Å²) < 4.78 is 1.86. The van der Waals surface area contributed by atoms with Gasteiger partial charge in [0.1, 0.15) is 5.52 Å². The Morgan fingerprint density at radius 1 is 1.19 bits per heavy atom. The number of aromatic nitrogens is 3. The van der Waals surface area contributed by atoms with Crippen molar-refractivity contribution in [2.45, 2.75) is 12.5 Å². The van der Waals surface area contributed by atoms with Gasteiger partial charge in [0.05, 0.1) is 11.8 Å². The standard InChI is InChI=1S/C16H16N4O/c21-13-6-8-19(11-13)16-15-10-14(12-4-2-1-3-5-12)18-20(15)9-7-17-16/h1-5,7,9-10,13,21H,6,8,11H2. The molecule has 0 spiro atoms. The summed E-state index contributed by atoms with van der Waals surface area (Å²) in [6, 6.07) is 12.2. The van der Waals surface area contributed by atoms with Crippen LogP contribution < -0.4 is 4.90 Å². The van der Waals surface area contributed by atoms with E-state index in [0.717, 1.165) is 35.6 Å². The minimum Gasteiger partial charge on any atom is -0.391 e. The summed E-state index contributed by atoms with van der Waals surface area (Å²) in [4.78, 5) is 6.61. The van der Waals surface area contributed by atoms with E-state index in [1.807, 2.05) is 28.9 Å². The minimum atomic E-state index is -0.261. The van der Waals surface area contributed by atoms with Crippen molar-refractivity contribution in [3.8, 4) is 11.3 Å². The highest BCUT2D eigenvalue weighted by molar-refractivity contribution is 5.75. The van der Waals surface area contributed by atoms with E-state index in [-0.39, 0.29) is 6.10 Å². The summed E-state index contributed by atoms with van der Waals surface area (Å²) in [6.07, 6.45) is 4.15. The van der Waals surface area contributed by atoms with Crippen molar-refractivity contribution in [3.63, 3.8) is 0 Å². The first-order chi connectivity index (χ1) is 10.3. The number of benzene rings is 1. The number of β-amino-alcohol motifs (C(OH)–C–C–N with tert-alkyl or cyclic N) is 1. The molecule has 21 heavy (non-hydrogen) atoms. The number of anilines is 1. The molecule has 1 unspecified atom stereocenters. The third-order valence-electron chi connectivity index (χ3n) is 3.90. The van der Waals surface area contributed by atoms with Gasteiger partial charge in [-0.1, -0.05) is 30.3 Å². The highest BCUT2D eigenvalue weighted by atomic mass is 16.3. The fourth-order valence-electron chi connectivity index (χ4n) is 2.84. The van der Waals surface area contributed by atoms with Gasteiger partial charge in [-0.05, 0) is 12.5 Å². The van der Waals surface area contributed by atoms with E-state index in [2.05, 4.69) is 33.2 Å². The van der Waals surface area contributed by atoms with Gasteiger partial charge in [0, 0.05) is 31.0 Å². The fourth-order valence-corrected chi connectivity index (χ4v) is 2.84. The normalized spacial score (nSPS) is 18.5. The molecule has 0 aliphatic carbocycles. The minimum absolute atomic E-state index is 0.261. The van der Waals surface area contributed by atoms with Crippen molar-refractivity contribution < 1.29 is 5.11 Å². The highest BCUT2D eigenvalue weighted by Crippen LogP contribution is 2.26. The molecule has 1 aliphatic heterocycles. The van der Waals surface area contributed by atoms with Gasteiger partial charge in [-0.3, -0.25) is 0 Å². The largest absolute Gasteiger partial charge is 0.391 e. The Morgan fingerprint density at radius 2 is 2.05 bits per heavy atom. The van der Waals surface area contributed by atoms with Crippen LogP contribution in [0, 0.1) is 0 Å². The van der Waals surface area contributed by atoms with Gasteiger partial charge in [0.2, 0.25) is 0 Å². The lowest BCUT2D eigenvalue weighted by molar-refractivity contribution is 0.198. The van der Waals surface area contributed by atoms with Crippen molar-refractivity contribution in [1.29, 1.82) is 0 Å². The maximum Gasteiger partial charge on any atom is 0.154 e. The Kier molecular flexibility index (Phi) is 2.86. The van der Waals surface area contributed by atoms with Crippen LogP contribution in [0.25, 0.3) is 16.8 Å². The number of rotatable bonds is 2. The number of aliphatic hydroxyl groups is 1. The Bertz CT molecular complexity index is 768. The van der Waals surface area contributed by atoms with Gasteiger partial charge >= 0.3 is 0 Å². The second-order valence-electron chi connectivity index (χ2n) is 5.36. The molecule has 3 aromatic rings. The quantitative estimate of drug-likeness (QED) is 0.779. The smallest absolute Gasteiger partial charge is 0.154 e. The van der Waals surface area contributed by atoms with E-state index in [0.29, 0.717) is 6.54 Å². The maximum absolute atomic E-state index is 9.72. The number of aliphatic hydroxyl groups excluding tert-OH is 1. The van der Waals surface area contributed by atoms with Crippen LogP contribution in [-0.4, -0.2) is 38.9 Å².